The Morgan fingerprint density at radius 2 is 2.07 bits per heavy atom. The summed E-state index contributed by atoms with van der Waals surface area (Å²) >= 11 is 0. The van der Waals surface area contributed by atoms with E-state index in [1.807, 2.05) is 39.9 Å². The largest absolute Gasteiger partial charge is 0.484 e. The highest BCUT2D eigenvalue weighted by Gasteiger charge is 2.43. The number of likely N-dealkylation sites (tertiary alicyclic amines) is 1. The van der Waals surface area contributed by atoms with Crippen LogP contribution in [0.2, 0.25) is 0 Å². The van der Waals surface area contributed by atoms with Crippen LogP contribution in [0.15, 0.2) is 36.5 Å². The molecule has 0 bridgehead atoms. The summed E-state index contributed by atoms with van der Waals surface area (Å²) in [5.74, 6) is 1.47. The quantitative estimate of drug-likeness (QED) is 0.831. The lowest BCUT2D eigenvalue weighted by atomic mass is 9.99. The van der Waals surface area contributed by atoms with E-state index in [1.54, 1.807) is 0 Å². The van der Waals surface area contributed by atoms with Crippen molar-refractivity contribution in [1.82, 2.24) is 20.0 Å². The van der Waals surface area contributed by atoms with Gasteiger partial charge in [0.2, 0.25) is 5.91 Å². The predicted octanol–water partition coefficient (Wildman–Crippen LogP) is 1.20. The van der Waals surface area contributed by atoms with Crippen molar-refractivity contribution in [3.63, 3.8) is 0 Å². The molecule has 1 aliphatic heterocycles. The molecule has 2 amide bonds. The first-order chi connectivity index (χ1) is 13.1. The van der Waals surface area contributed by atoms with E-state index in [0.29, 0.717) is 37.2 Å². The molecule has 2 aliphatic rings. The minimum atomic E-state index is -0.0302. The third kappa shape index (κ3) is 3.82. The highest BCUT2D eigenvalue weighted by Crippen LogP contribution is 2.42. The van der Waals surface area contributed by atoms with Crippen LogP contribution in [-0.4, -0.2) is 52.7 Å². The second-order valence-corrected chi connectivity index (χ2v) is 7.26. The van der Waals surface area contributed by atoms with E-state index in [0.717, 1.165) is 18.7 Å². The number of nitrogens with zero attached hydrogens (tertiary/aromatic N) is 3. The van der Waals surface area contributed by atoms with Gasteiger partial charge in [0.1, 0.15) is 5.75 Å². The molecule has 1 N–H and O–H groups in total. The lowest BCUT2D eigenvalue weighted by Crippen LogP contribution is -2.33. The van der Waals surface area contributed by atoms with Crippen LogP contribution in [0.3, 0.4) is 0 Å². The first kappa shape index (κ1) is 17.6. The van der Waals surface area contributed by atoms with Crippen molar-refractivity contribution in [2.45, 2.75) is 25.8 Å². The molecule has 2 atom stereocenters. The predicted molar refractivity (Wildman–Crippen MR) is 99.4 cm³/mol. The van der Waals surface area contributed by atoms with Crippen LogP contribution in [0, 0.1) is 5.92 Å². The van der Waals surface area contributed by atoms with Gasteiger partial charge in [-0.2, -0.15) is 5.10 Å². The molecule has 1 aromatic carbocycles. The van der Waals surface area contributed by atoms with Gasteiger partial charge in [-0.3, -0.25) is 14.3 Å². The van der Waals surface area contributed by atoms with Gasteiger partial charge in [-0.05, 0) is 30.0 Å². The van der Waals surface area contributed by atoms with Crippen LogP contribution in [0.4, 0.5) is 0 Å². The van der Waals surface area contributed by atoms with Crippen molar-refractivity contribution in [3.05, 3.63) is 47.8 Å². The molecule has 7 nitrogen and oxygen atoms in total. The average Bonchev–Trinajstić information content (AvgIpc) is 3.31. The summed E-state index contributed by atoms with van der Waals surface area (Å²) in [5.41, 5.74) is 2.39. The number of nitrogens with one attached hydrogen (secondary N) is 1. The normalized spacial score (nSPS) is 20.3. The van der Waals surface area contributed by atoms with Gasteiger partial charge in [-0.15, -0.1) is 0 Å². The van der Waals surface area contributed by atoms with Crippen molar-refractivity contribution in [3.8, 4) is 5.75 Å². The van der Waals surface area contributed by atoms with Crippen LogP contribution in [0.25, 0.3) is 0 Å². The molecular formula is C20H24N4O3. The Morgan fingerprint density at radius 3 is 2.85 bits per heavy atom. The molecule has 1 aliphatic carbocycles. The van der Waals surface area contributed by atoms with Crippen molar-refractivity contribution in [1.29, 1.82) is 0 Å². The van der Waals surface area contributed by atoms with Gasteiger partial charge in [0, 0.05) is 38.7 Å². The lowest BCUT2D eigenvalue weighted by molar-refractivity contribution is -0.132. The number of benzene rings is 1. The molecule has 1 saturated heterocycles. The molecule has 1 aromatic heterocycles. The molecule has 7 heteroatoms. The van der Waals surface area contributed by atoms with Gasteiger partial charge in [-0.25, -0.2) is 0 Å². The molecule has 2 heterocycles. The molecular weight excluding hydrogens is 344 g/mol. The molecule has 0 radical (unpaired) electrons. The van der Waals surface area contributed by atoms with Crippen LogP contribution in [-0.2, 0) is 22.6 Å². The Hall–Kier alpha value is -2.83. The highest BCUT2D eigenvalue weighted by atomic mass is 16.5. The summed E-state index contributed by atoms with van der Waals surface area (Å²) in [6.07, 6.45) is 3.05. The van der Waals surface area contributed by atoms with Crippen molar-refractivity contribution < 1.29 is 14.3 Å². The van der Waals surface area contributed by atoms with E-state index in [4.69, 9.17) is 9.84 Å². The Kier molecular flexibility index (Phi) is 4.83. The maximum absolute atomic E-state index is 12.5. The number of carbonyl (C=O) groups excluding carboxylic acids is 2. The standard InChI is InChI=1S/C20H24N4O3/c1-14(25)21-7-8-24-11-16-9-15-10-23(12-18(15)20(16)22-24)19(26)13-27-17-5-3-2-4-6-17/h2-6,11,15,18H,7-10,12-13H2,1H3,(H,21,25)/t15-,18+/m1/s1. The maximum Gasteiger partial charge on any atom is 0.260 e. The SMILES string of the molecule is CC(=O)NCCn1cc2c(n1)[C@H]1CN(C(=O)COc3ccccc3)C[C@H]1C2. The molecule has 0 unspecified atom stereocenters. The fraction of sp³-hybridized carbons (Fsp3) is 0.450. The second-order valence-electron chi connectivity index (χ2n) is 7.26. The second kappa shape index (κ2) is 7.42. The zero-order valence-electron chi connectivity index (χ0n) is 15.4. The van der Waals surface area contributed by atoms with Crippen LogP contribution >= 0.6 is 0 Å². The third-order valence-corrected chi connectivity index (χ3v) is 5.32. The third-order valence-electron chi connectivity index (χ3n) is 5.32. The first-order valence-corrected chi connectivity index (χ1v) is 9.36. The summed E-state index contributed by atoms with van der Waals surface area (Å²) < 4.78 is 7.50. The molecule has 1 fully saturated rings. The van der Waals surface area contributed by atoms with E-state index < -0.39 is 0 Å². The summed E-state index contributed by atoms with van der Waals surface area (Å²) in [4.78, 5) is 25.4. The number of aromatic nitrogens is 2. The number of rotatable bonds is 6. The van der Waals surface area contributed by atoms with Crippen LogP contribution in [0.5, 0.6) is 5.75 Å². The van der Waals surface area contributed by atoms with Gasteiger partial charge in [-0.1, -0.05) is 18.2 Å². The minimum absolute atomic E-state index is 0.0277. The molecule has 2 aromatic rings. The zero-order chi connectivity index (χ0) is 18.8. The smallest absolute Gasteiger partial charge is 0.260 e. The van der Waals surface area contributed by atoms with E-state index in [1.165, 1.54) is 12.5 Å². The van der Waals surface area contributed by atoms with Gasteiger partial charge >= 0.3 is 0 Å². The van der Waals surface area contributed by atoms with Crippen LogP contribution in [0.1, 0.15) is 24.1 Å². The summed E-state index contributed by atoms with van der Waals surface area (Å²) in [6.45, 7) is 4.30. The lowest BCUT2D eigenvalue weighted by Gasteiger charge is -2.17. The molecule has 27 heavy (non-hydrogen) atoms. The Balaban J connectivity index is 1.32. The fourth-order valence-corrected chi connectivity index (χ4v) is 4.04. The summed E-state index contributed by atoms with van der Waals surface area (Å²) in [7, 11) is 0. The Labute approximate surface area is 158 Å². The number of para-hydroxylation sites is 1. The Bertz CT molecular complexity index is 833. The topological polar surface area (TPSA) is 76.5 Å². The van der Waals surface area contributed by atoms with Gasteiger partial charge in [0.25, 0.3) is 5.91 Å². The minimum Gasteiger partial charge on any atom is -0.484 e. The van der Waals surface area contributed by atoms with E-state index in [-0.39, 0.29) is 18.4 Å². The number of carbonyl (C=O) groups is 2. The molecule has 4 rings (SSSR count). The monoisotopic (exact) mass is 368 g/mol. The maximum atomic E-state index is 12.5. The number of fused-ring (bicyclic) bond motifs is 3. The number of amides is 2. The van der Waals surface area contributed by atoms with Crippen molar-refractivity contribution >= 4 is 11.8 Å². The summed E-state index contributed by atoms with van der Waals surface area (Å²) in [6, 6.07) is 9.41. The number of ether oxygens (including phenoxy) is 1. The van der Waals surface area contributed by atoms with Gasteiger partial charge in [0.15, 0.2) is 6.61 Å². The highest BCUT2D eigenvalue weighted by molar-refractivity contribution is 5.78. The molecule has 0 spiro atoms. The number of hydrogen-bond acceptors (Lipinski definition) is 4. The number of hydrogen-bond donors (Lipinski definition) is 1. The molecule has 142 valence electrons. The van der Waals surface area contributed by atoms with E-state index in [9.17, 15) is 9.59 Å². The van der Waals surface area contributed by atoms with E-state index >= 15 is 0 Å². The van der Waals surface area contributed by atoms with Crippen LogP contribution < -0.4 is 10.1 Å². The first-order valence-electron chi connectivity index (χ1n) is 9.36. The zero-order valence-corrected chi connectivity index (χ0v) is 15.4. The average molecular weight is 368 g/mol. The van der Waals surface area contributed by atoms with Crippen molar-refractivity contribution in [2.24, 2.45) is 5.92 Å². The van der Waals surface area contributed by atoms with Crippen molar-refractivity contribution in [2.75, 3.05) is 26.2 Å². The fourth-order valence-electron chi connectivity index (χ4n) is 4.04. The molecule has 0 saturated carbocycles. The van der Waals surface area contributed by atoms with Gasteiger partial charge in [0.05, 0.1) is 12.2 Å². The summed E-state index contributed by atoms with van der Waals surface area (Å²) in [5, 5.41) is 7.50. The van der Waals surface area contributed by atoms with E-state index in [2.05, 4.69) is 11.5 Å². The Morgan fingerprint density at radius 1 is 1.26 bits per heavy atom. The van der Waals surface area contributed by atoms with Gasteiger partial charge < -0.3 is 15.0 Å².